The van der Waals surface area contributed by atoms with Crippen molar-refractivity contribution >= 4 is 23.6 Å². The second-order valence-electron chi connectivity index (χ2n) is 4.15. The van der Waals surface area contributed by atoms with Crippen LogP contribution in [0.3, 0.4) is 0 Å². The molecule has 0 radical (unpaired) electrons. The third kappa shape index (κ3) is 2.12. The SMILES string of the molecule is COC(=O)c1ccc2c(c1)C(=O)N(CC(C)=O)C2=O. The van der Waals surface area contributed by atoms with E-state index < -0.39 is 17.8 Å². The number of hydrogen-bond donors (Lipinski definition) is 0. The largest absolute Gasteiger partial charge is 0.465 e. The number of carbonyl (C=O) groups excluding carboxylic acids is 4. The molecule has 2 rings (SSSR count). The number of ether oxygens (including phenoxy) is 1. The molecule has 0 saturated carbocycles. The number of Topliss-reactive ketones (excluding diaryl/α,β-unsaturated/α-hetero) is 1. The molecule has 0 spiro atoms. The fourth-order valence-corrected chi connectivity index (χ4v) is 1.90. The van der Waals surface area contributed by atoms with Crippen molar-refractivity contribution in [1.29, 1.82) is 0 Å². The zero-order valence-electron chi connectivity index (χ0n) is 10.4. The van der Waals surface area contributed by atoms with Crippen LogP contribution in [0.25, 0.3) is 0 Å². The number of esters is 1. The third-order valence-corrected chi connectivity index (χ3v) is 2.77. The molecule has 0 saturated heterocycles. The highest BCUT2D eigenvalue weighted by atomic mass is 16.5. The van der Waals surface area contributed by atoms with E-state index in [0.29, 0.717) is 0 Å². The lowest BCUT2D eigenvalue weighted by Crippen LogP contribution is -2.33. The summed E-state index contributed by atoms with van der Waals surface area (Å²) in [5.41, 5.74) is 0.500. The van der Waals surface area contributed by atoms with E-state index >= 15 is 0 Å². The molecule has 0 atom stereocenters. The molecular formula is C13H11NO5. The van der Waals surface area contributed by atoms with E-state index in [0.717, 1.165) is 4.90 Å². The summed E-state index contributed by atoms with van der Waals surface area (Å²) in [4.78, 5) is 47.2. The van der Waals surface area contributed by atoms with Gasteiger partial charge >= 0.3 is 5.97 Å². The van der Waals surface area contributed by atoms with Crippen molar-refractivity contribution in [1.82, 2.24) is 4.90 Å². The van der Waals surface area contributed by atoms with Crippen molar-refractivity contribution in [3.8, 4) is 0 Å². The Balaban J connectivity index is 2.42. The van der Waals surface area contributed by atoms with E-state index in [9.17, 15) is 19.2 Å². The Hall–Kier alpha value is -2.50. The number of methoxy groups -OCH3 is 1. The number of hydrogen-bond acceptors (Lipinski definition) is 5. The minimum Gasteiger partial charge on any atom is -0.465 e. The molecular weight excluding hydrogens is 250 g/mol. The van der Waals surface area contributed by atoms with Crippen LogP contribution < -0.4 is 0 Å². The van der Waals surface area contributed by atoms with Gasteiger partial charge in [-0.25, -0.2) is 4.79 Å². The topological polar surface area (TPSA) is 80.8 Å². The van der Waals surface area contributed by atoms with Crippen molar-refractivity contribution in [2.24, 2.45) is 0 Å². The molecule has 0 aromatic heterocycles. The highest BCUT2D eigenvalue weighted by molar-refractivity contribution is 6.22. The van der Waals surface area contributed by atoms with Crippen LogP contribution in [-0.2, 0) is 9.53 Å². The summed E-state index contributed by atoms with van der Waals surface area (Å²) in [6.45, 7) is 1.03. The fourth-order valence-electron chi connectivity index (χ4n) is 1.90. The van der Waals surface area contributed by atoms with Crippen molar-refractivity contribution < 1.29 is 23.9 Å². The summed E-state index contributed by atoms with van der Waals surface area (Å²) in [5, 5.41) is 0. The van der Waals surface area contributed by atoms with Gasteiger partial charge < -0.3 is 4.74 Å². The van der Waals surface area contributed by atoms with Crippen LogP contribution in [0, 0.1) is 0 Å². The van der Waals surface area contributed by atoms with Crippen LogP contribution in [0.15, 0.2) is 18.2 Å². The Morgan fingerprint density at radius 1 is 1.16 bits per heavy atom. The smallest absolute Gasteiger partial charge is 0.337 e. The number of imide groups is 1. The first-order valence-electron chi connectivity index (χ1n) is 5.53. The van der Waals surface area contributed by atoms with E-state index in [1.807, 2.05) is 0 Å². The molecule has 98 valence electrons. The van der Waals surface area contributed by atoms with Gasteiger partial charge in [0, 0.05) is 0 Å². The highest BCUT2D eigenvalue weighted by Crippen LogP contribution is 2.24. The van der Waals surface area contributed by atoms with Crippen LogP contribution in [0.1, 0.15) is 38.0 Å². The van der Waals surface area contributed by atoms with Gasteiger partial charge in [0.25, 0.3) is 11.8 Å². The summed E-state index contributed by atoms with van der Waals surface area (Å²) in [6, 6.07) is 4.11. The van der Waals surface area contributed by atoms with Gasteiger partial charge in [0.1, 0.15) is 5.78 Å². The number of ketones is 1. The lowest BCUT2D eigenvalue weighted by molar-refractivity contribution is -0.117. The zero-order chi connectivity index (χ0) is 14.2. The molecule has 1 aromatic carbocycles. The molecule has 6 nitrogen and oxygen atoms in total. The van der Waals surface area contributed by atoms with Gasteiger partial charge in [-0.3, -0.25) is 19.3 Å². The quantitative estimate of drug-likeness (QED) is 0.589. The Labute approximate surface area is 108 Å². The first-order chi connectivity index (χ1) is 8.95. The molecule has 1 aliphatic rings. The van der Waals surface area contributed by atoms with Crippen LogP contribution in [0.2, 0.25) is 0 Å². The Morgan fingerprint density at radius 3 is 2.37 bits per heavy atom. The van der Waals surface area contributed by atoms with E-state index in [1.54, 1.807) is 0 Å². The van der Waals surface area contributed by atoms with Gasteiger partial charge in [-0.15, -0.1) is 0 Å². The number of carbonyl (C=O) groups is 4. The molecule has 2 amide bonds. The van der Waals surface area contributed by atoms with E-state index in [4.69, 9.17) is 0 Å². The van der Waals surface area contributed by atoms with Crippen molar-refractivity contribution in [3.05, 3.63) is 34.9 Å². The molecule has 1 aliphatic heterocycles. The summed E-state index contributed by atoms with van der Waals surface area (Å²) in [5.74, 6) is -1.97. The van der Waals surface area contributed by atoms with E-state index in [1.165, 1.54) is 32.2 Å². The lowest BCUT2D eigenvalue weighted by Gasteiger charge is -2.10. The average molecular weight is 261 g/mol. The van der Waals surface area contributed by atoms with Crippen molar-refractivity contribution in [2.75, 3.05) is 13.7 Å². The molecule has 19 heavy (non-hydrogen) atoms. The van der Waals surface area contributed by atoms with Crippen molar-refractivity contribution in [2.45, 2.75) is 6.92 Å². The minimum atomic E-state index is -0.590. The summed E-state index contributed by atoms with van der Waals surface area (Å²) >= 11 is 0. The first-order valence-corrected chi connectivity index (χ1v) is 5.53. The summed E-state index contributed by atoms with van der Waals surface area (Å²) in [6.07, 6.45) is 0. The number of rotatable bonds is 3. The van der Waals surface area contributed by atoms with Crippen LogP contribution in [-0.4, -0.2) is 42.1 Å². The molecule has 0 fully saturated rings. The minimum absolute atomic E-state index is 0.120. The maximum absolute atomic E-state index is 12.0. The van der Waals surface area contributed by atoms with Gasteiger partial charge in [0.2, 0.25) is 0 Å². The van der Waals surface area contributed by atoms with Crippen LogP contribution in [0.4, 0.5) is 0 Å². The number of fused-ring (bicyclic) bond motifs is 1. The zero-order valence-corrected chi connectivity index (χ0v) is 10.4. The third-order valence-electron chi connectivity index (χ3n) is 2.77. The number of benzene rings is 1. The predicted octanol–water partition coefficient (Wildman–Crippen LogP) is 0.658. The maximum Gasteiger partial charge on any atom is 0.337 e. The Morgan fingerprint density at radius 2 is 1.79 bits per heavy atom. The predicted molar refractivity (Wildman–Crippen MR) is 63.8 cm³/mol. The number of nitrogens with zero attached hydrogens (tertiary/aromatic N) is 1. The molecule has 0 N–H and O–H groups in total. The summed E-state index contributed by atoms with van der Waals surface area (Å²) < 4.78 is 4.55. The van der Waals surface area contributed by atoms with Gasteiger partial charge in [-0.1, -0.05) is 0 Å². The highest BCUT2D eigenvalue weighted by Gasteiger charge is 2.36. The maximum atomic E-state index is 12.0. The second-order valence-corrected chi connectivity index (χ2v) is 4.15. The molecule has 6 heteroatoms. The Kier molecular flexibility index (Phi) is 3.16. The molecule has 0 aliphatic carbocycles. The Bertz CT molecular complexity index is 605. The monoisotopic (exact) mass is 261 g/mol. The standard InChI is InChI=1S/C13H11NO5/c1-7(15)6-14-11(16)9-4-3-8(13(18)19-2)5-10(9)12(14)17/h3-5H,6H2,1-2H3. The van der Waals surface area contributed by atoms with Gasteiger partial charge in [-0.05, 0) is 25.1 Å². The molecule has 1 aromatic rings. The normalized spacial score (nSPS) is 13.5. The average Bonchev–Trinajstić information content (AvgIpc) is 2.62. The fraction of sp³-hybridized carbons (Fsp3) is 0.231. The lowest BCUT2D eigenvalue weighted by atomic mass is 10.1. The first kappa shape index (κ1) is 12.9. The molecule has 1 heterocycles. The van der Waals surface area contributed by atoms with Crippen LogP contribution in [0.5, 0.6) is 0 Å². The summed E-state index contributed by atoms with van der Waals surface area (Å²) in [7, 11) is 1.23. The second kappa shape index (κ2) is 4.64. The van der Waals surface area contributed by atoms with E-state index in [-0.39, 0.29) is 29.0 Å². The molecule has 0 bridgehead atoms. The van der Waals surface area contributed by atoms with Gasteiger partial charge in [0.05, 0.1) is 30.3 Å². The van der Waals surface area contributed by atoms with E-state index in [2.05, 4.69) is 4.74 Å². The molecule has 0 unspecified atom stereocenters. The van der Waals surface area contributed by atoms with Gasteiger partial charge in [0.15, 0.2) is 0 Å². The number of amides is 2. The van der Waals surface area contributed by atoms with Gasteiger partial charge in [-0.2, -0.15) is 0 Å². The van der Waals surface area contributed by atoms with Crippen LogP contribution >= 0.6 is 0 Å². The van der Waals surface area contributed by atoms with Crippen molar-refractivity contribution in [3.63, 3.8) is 0 Å².